The van der Waals surface area contributed by atoms with Crippen LogP contribution in [-0.2, 0) is 6.54 Å². The average Bonchev–Trinajstić information content (AvgIpc) is 3.06. The summed E-state index contributed by atoms with van der Waals surface area (Å²) in [5.41, 5.74) is 2.80. The Bertz CT molecular complexity index is 1340. The first kappa shape index (κ1) is 19.4. The number of pyridine rings is 2. The number of fused-ring (bicyclic) bond motifs is 1. The van der Waals surface area contributed by atoms with E-state index in [9.17, 15) is 9.59 Å². The van der Waals surface area contributed by atoms with Gasteiger partial charge in [-0.25, -0.2) is 19.6 Å². The largest absolute Gasteiger partial charge is 0.332 e. The molecule has 0 radical (unpaired) electrons. The maximum Gasteiger partial charge on any atom is 0.262 e. The zero-order valence-corrected chi connectivity index (χ0v) is 17.2. The number of hydrogen-bond acceptors (Lipinski definition) is 6. The van der Waals surface area contributed by atoms with Crippen LogP contribution in [0.15, 0.2) is 41.6 Å². The van der Waals surface area contributed by atoms with Gasteiger partial charge >= 0.3 is 0 Å². The van der Waals surface area contributed by atoms with E-state index in [0.29, 0.717) is 23.4 Å². The molecule has 30 heavy (non-hydrogen) atoms. The van der Waals surface area contributed by atoms with E-state index >= 15 is 0 Å². The number of nitrogens with zero attached hydrogens (tertiary/aromatic N) is 6. The fraction of sp³-hybridized carbons (Fsp3) is 0.238. The Morgan fingerprint density at radius 2 is 1.90 bits per heavy atom. The number of aromatic nitrogens is 6. The Labute approximate surface area is 172 Å². The van der Waals surface area contributed by atoms with Gasteiger partial charge in [-0.15, -0.1) is 0 Å². The predicted octanol–water partition coefficient (Wildman–Crippen LogP) is 2.57. The zero-order chi connectivity index (χ0) is 21.4. The molecule has 0 aliphatic carbocycles. The molecule has 1 amide bonds. The molecule has 0 saturated heterocycles. The average molecular weight is 403 g/mol. The number of aryl methyl sites for hydroxylation is 4. The standard InChI is InChI=1S/C21H21N7O2/c1-5-27-10-16(19(29)15-7-6-12(2)24-20(15)27)21(30)25-17-9-18(23-11-22-17)28-14(4)8-13(3)26-28/h6-11H,5H2,1-4H3,(H,22,23,25,30). The Balaban J connectivity index is 1.71. The van der Waals surface area contributed by atoms with Gasteiger partial charge < -0.3 is 9.88 Å². The van der Waals surface area contributed by atoms with E-state index in [1.165, 1.54) is 12.5 Å². The number of carbonyl (C=O) groups excluding carboxylic acids is 1. The summed E-state index contributed by atoms with van der Waals surface area (Å²) >= 11 is 0. The van der Waals surface area contributed by atoms with Crippen LogP contribution < -0.4 is 10.7 Å². The van der Waals surface area contributed by atoms with Crippen molar-refractivity contribution in [3.05, 3.63) is 69.7 Å². The molecule has 0 atom stereocenters. The van der Waals surface area contributed by atoms with E-state index in [-0.39, 0.29) is 16.8 Å². The number of carbonyl (C=O) groups is 1. The van der Waals surface area contributed by atoms with E-state index in [2.05, 4.69) is 25.4 Å². The topological polar surface area (TPSA) is 108 Å². The van der Waals surface area contributed by atoms with Crippen molar-refractivity contribution in [1.82, 2.24) is 29.3 Å². The molecule has 0 aliphatic heterocycles. The first-order chi connectivity index (χ1) is 14.4. The third-order valence-corrected chi connectivity index (χ3v) is 4.77. The van der Waals surface area contributed by atoms with Crippen LogP contribution >= 0.6 is 0 Å². The molecule has 1 N–H and O–H groups in total. The molecular weight excluding hydrogens is 382 g/mol. The number of rotatable bonds is 4. The van der Waals surface area contributed by atoms with Gasteiger partial charge in [-0.2, -0.15) is 5.10 Å². The quantitative estimate of drug-likeness (QED) is 0.561. The highest BCUT2D eigenvalue weighted by Crippen LogP contribution is 2.15. The minimum absolute atomic E-state index is 0.0290. The summed E-state index contributed by atoms with van der Waals surface area (Å²) in [7, 11) is 0. The van der Waals surface area contributed by atoms with E-state index in [1.807, 2.05) is 33.8 Å². The molecule has 0 spiro atoms. The number of nitrogens with one attached hydrogen (secondary N) is 1. The monoisotopic (exact) mass is 403 g/mol. The van der Waals surface area contributed by atoms with Gasteiger partial charge in [-0.05, 0) is 45.9 Å². The molecule has 9 heteroatoms. The van der Waals surface area contributed by atoms with Crippen LogP contribution in [0.25, 0.3) is 16.9 Å². The summed E-state index contributed by atoms with van der Waals surface area (Å²) in [6.45, 7) is 8.17. The van der Waals surface area contributed by atoms with Gasteiger partial charge in [0, 0.05) is 30.2 Å². The Hall–Kier alpha value is -3.88. The molecular formula is C21H21N7O2. The second-order valence-electron chi connectivity index (χ2n) is 7.04. The van der Waals surface area contributed by atoms with Crippen LogP contribution in [0, 0.1) is 20.8 Å². The highest BCUT2D eigenvalue weighted by Gasteiger charge is 2.17. The van der Waals surface area contributed by atoms with Gasteiger partial charge in [0.25, 0.3) is 5.91 Å². The molecule has 9 nitrogen and oxygen atoms in total. The van der Waals surface area contributed by atoms with Crippen LogP contribution in [-0.4, -0.2) is 35.2 Å². The van der Waals surface area contributed by atoms with Crippen molar-refractivity contribution in [3.63, 3.8) is 0 Å². The highest BCUT2D eigenvalue weighted by atomic mass is 16.2. The normalized spacial score (nSPS) is 11.1. The second-order valence-corrected chi connectivity index (χ2v) is 7.04. The van der Waals surface area contributed by atoms with Gasteiger partial charge in [-0.1, -0.05) is 0 Å². The molecule has 4 aromatic rings. The lowest BCUT2D eigenvalue weighted by molar-refractivity contribution is 0.102. The third-order valence-electron chi connectivity index (χ3n) is 4.77. The maximum atomic E-state index is 12.9. The van der Waals surface area contributed by atoms with Crippen LogP contribution in [0.3, 0.4) is 0 Å². The molecule has 0 aromatic carbocycles. The molecule has 0 bridgehead atoms. The minimum Gasteiger partial charge on any atom is -0.332 e. The first-order valence-electron chi connectivity index (χ1n) is 9.55. The van der Waals surface area contributed by atoms with Crippen LogP contribution in [0.4, 0.5) is 5.82 Å². The summed E-state index contributed by atoms with van der Waals surface area (Å²) in [5, 5.41) is 7.49. The summed E-state index contributed by atoms with van der Waals surface area (Å²) in [6, 6.07) is 7.01. The van der Waals surface area contributed by atoms with E-state index in [0.717, 1.165) is 17.1 Å². The third kappa shape index (κ3) is 3.45. The van der Waals surface area contributed by atoms with Crippen molar-refractivity contribution in [2.75, 3.05) is 5.32 Å². The SMILES string of the molecule is CCn1cc(C(=O)Nc2cc(-n3nc(C)cc3C)ncn2)c(=O)c2ccc(C)nc21. The first-order valence-corrected chi connectivity index (χ1v) is 9.55. The lowest BCUT2D eigenvalue weighted by Crippen LogP contribution is -2.24. The minimum atomic E-state index is -0.539. The maximum absolute atomic E-state index is 12.9. The summed E-state index contributed by atoms with van der Waals surface area (Å²) in [5.74, 6) is 0.264. The van der Waals surface area contributed by atoms with Crippen LogP contribution in [0.2, 0.25) is 0 Å². The van der Waals surface area contributed by atoms with Gasteiger partial charge in [0.1, 0.15) is 23.4 Å². The molecule has 0 fully saturated rings. The molecule has 0 saturated carbocycles. The molecule has 0 aliphatic rings. The predicted molar refractivity (Wildman–Crippen MR) is 113 cm³/mol. The number of hydrogen-bond donors (Lipinski definition) is 1. The number of anilines is 1. The van der Waals surface area contributed by atoms with Crippen molar-refractivity contribution in [1.29, 1.82) is 0 Å². The fourth-order valence-electron chi connectivity index (χ4n) is 3.34. The molecule has 4 heterocycles. The summed E-state index contributed by atoms with van der Waals surface area (Å²) < 4.78 is 3.46. The summed E-state index contributed by atoms with van der Waals surface area (Å²) in [6.07, 6.45) is 2.88. The van der Waals surface area contributed by atoms with Crippen LogP contribution in [0.5, 0.6) is 0 Å². The fourth-order valence-corrected chi connectivity index (χ4v) is 3.34. The lowest BCUT2D eigenvalue weighted by atomic mass is 10.1. The molecule has 4 aromatic heterocycles. The van der Waals surface area contributed by atoms with Crippen molar-refractivity contribution in [3.8, 4) is 5.82 Å². The van der Waals surface area contributed by atoms with Crippen molar-refractivity contribution in [2.24, 2.45) is 0 Å². The van der Waals surface area contributed by atoms with E-state index in [1.54, 1.807) is 27.4 Å². The molecule has 4 rings (SSSR count). The number of amides is 1. The highest BCUT2D eigenvalue weighted by molar-refractivity contribution is 6.05. The van der Waals surface area contributed by atoms with Gasteiger partial charge in [0.05, 0.1) is 11.1 Å². The van der Waals surface area contributed by atoms with Crippen molar-refractivity contribution in [2.45, 2.75) is 34.2 Å². The Morgan fingerprint density at radius 3 is 2.60 bits per heavy atom. The van der Waals surface area contributed by atoms with Gasteiger partial charge in [0.15, 0.2) is 5.82 Å². The lowest BCUT2D eigenvalue weighted by Gasteiger charge is -2.11. The van der Waals surface area contributed by atoms with Crippen molar-refractivity contribution < 1.29 is 4.79 Å². The smallest absolute Gasteiger partial charge is 0.262 e. The molecule has 152 valence electrons. The van der Waals surface area contributed by atoms with E-state index in [4.69, 9.17) is 0 Å². The Kier molecular flexibility index (Phi) is 4.86. The zero-order valence-electron chi connectivity index (χ0n) is 17.2. The second kappa shape index (κ2) is 7.51. The molecule has 0 unspecified atom stereocenters. The van der Waals surface area contributed by atoms with E-state index < -0.39 is 5.91 Å². The van der Waals surface area contributed by atoms with Gasteiger partial charge in [0.2, 0.25) is 5.43 Å². The van der Waals surface area contributed by atoms with Gasteiger partial charge in [-0.3, -0.25) is 9.59 Å². The Morgan fingerprint density at radius 1 is 1.10 bits per heavy atom. The van der Waals surface area contributed by atoms with Crippen LogP contribution in [0.1, 0.15) is 34.4 Å². The summed E-state index contributed by atoms with van der Waals surface area (Å²) in [4.78, 5) is 38.6. The van der Waals surface area contributed by atoms with Crippen molar-refractivity contribution >= 4 is 22.8 Å².